The molecule has 1 atom stereocenters. The van der Waals surface area contributed by atoms with Crippen molar-refractivity contribution in [1.29, 1.82) is 0 Å². The molecular formula is C22H34N2O5. The first-order valence-corrected chi connectivity index (χ1v) is 10.5. The van der Waals surface area contributed by atoms with Crippen LogP contribution in [0.2, 0.25) is 0 Å². The standard InChI is InChI=1S/C22H34N2O5/c1-4-6-7-12-22(3,29-5-2)21(26)23-18-8-10-19(11-9-18)28-17-20(25)24-13-15-27-16-14-24/h8-11H,4-7,12-17H2,1-3H3,(H,23,26). The van der Waals surface area contributed by atoms with E-state index in [1.807, 2.05) is 13.8 Å². The molecule has 2 amide bonds. The third-order valence-electron chi connectivity index (χ3n) is 5.04. The fourth-order valence-corrected chi connectivity index (χ4v) is 3.23. The van der Waals surface area contributed by atoms with Gasteiger partial charge in [-0.2, -0.15) is 0 Å². The third kappa shape index (κ3) is 7.33. The van der Waals surface area contributed by atoms with E-state index >= 15 is 0 Å². The van der Waals surface area contributed by atoms with E-state index in [1.165, 1.54) is 0 Å². The summed E-state index contributed by atoms with van der Waals surface area (Å²) >= 11 is 0. The van der Waals surface area contributed by atoms with Crippen LogP contribution in [0.4, 0.5) is 5.69 Å². The normalized spacial score (nSPS) is 16.2. The predicted octanol–water partition coefficient (Wildman–Crippen LogP) is 3.24. The number of hydrogen-bond acceptors (Lipinski definition) is 5. The highest BCUT2D eigenvalue weighted by molar-refractivity contribution is 5.97. The minimum atomic E-state index is -0.844. The Morgan fingerprint density at radius 2 is 1.83 bits per heavy atom. The highest BCUT2D eigenvalue weighted by Gasteiger charge is 2.33. The summed E-state index contributed by atoms with van der Waals surface area (Å²) < 4.78 is 16.6. The lowest BCUT2D eigenvalue weighted by molar-refractivity contribution is -0.139. The van der Waals surface area contributed by atoms with Gasteiger partial charge in [0.05, 0.1) is 13.2 Å². The van der Waals surface area contributed by atoms with Crippen molar-refractivity contribution >= 4 is 17.5 Å². The molecule has 0 aromatic heterocycles. The molecule has 1 unspecified atom stereocenters. The van der Waals surface area contributed by atoms with Gasteiger partial charge in [0.15, 0.2) is 6.61 Å². The highest BCUT2D eigenvalue weighted by Crippen LogP contribution is 2.23. The Labute approximate surface area is 173 Å². The lowest BCUT2D eigenvalue weighted by atomic mass is 9.96. The molecule has 7 heteroatoms. The SMILES string of the molecule is CCCCCC(C)(OCC)C(=O)Nc1ccc(OCC(=O)N2CCOCC2)cc1. The maximum atomic E-state index is 12.8. The van der Waals surface area contributed by atoms with Gasteiger partial charge in [-0.3, -0.25) is 9.59 Å². The molecule has 1 fully saturated rings. The molecule has 0 aliphatic carbocycles. The van der Waals surface area contributed by atoms with Crippen molar-refractivity contribution in [3.8, 4) is 5.75 Å². The number of morpholine rings is 1. The number of amides is 2. The molecular weight excluding hydrogens is 372 g/mol. The number of rotatable bonds is 11. The molecule has 0 bridgehead atoms. The van der Waals surface area contributed by atoms with Gasteiger partial charge in [0.2, 0.25) is 0 Å². The first-order chi connectivity index (χ1) is 14.0. The fraction of sp³-hybridized carbons (Fsp3) is 0.636. The monoisotopic (exact) mass is 406 g/mol. The quantitative estimate of drug-likeness (QED) is 0.571. The van der Waals surface area contributed by atoms with Crippen LogP contribution < -0.4 is 10.1 Å². The van der Waals surface area contributed by atoms with Crippen molar-refractivity contribution in [2.45, 2.75) is 52.1 Å². The number of unbranched alkanes of at least 4 members (excludes halogenated alkanes) is 2. The second-order valence-electron chi connectivity index (χ2n) is 7.38. The number of carbonyl (C=O) groups excluding carboxylic acids is 2. The van der Waals surface area contributed by atoms with Crippen molar-refractivity contribution in [1.82, 2.24) is 4.90 Å². The summed E-state index contributed by atoms with van der Waals surface area (Å²) in [5, 5.41) is 2.93. The van der Waals surface area contributed by atoms with E-state index < -0.39 is 5.60 Å². The number of benzene rings is 1. The number of carbonyl (C=O) groups is 2. The number of anilines is 1. The average molecular weight is 407 g/mol. The van der Waals surface area contributed by atoms with Crippen molar-refractivity contribution in [3.63, 3.8) is 0 Å². The van der Waals surface area contributed by atoms with Gasteiger partial charge in [0, 0.05) is 25.4 Å². The molecule has 1 aliphatic rings. The van der Waals surface area contributed by atoms with E-state index in [1.54, 1.807) is 29.2 Å². The Balaban J connectivity index is 1.86. The van der Waals surface area contributed by atoms with E-state index in [-0.39, 0.29) is 18.4 Å². The zero-order valence-corrected chi connectivity index (χ0v) is 17.9. The zero-order valence-electron chi connectivity index (χ0n) is 17.9. The van der Waals surface area contributed by atoms with Crippen LogP contribution in [0.5, 0.6) is 5.75 Å². The minimum absolute atomic E-state index is 0.00839. The Hall–Kier alpha value is -2.12. The maximum Gasteiger partial charge on any atom is 0.260 e. The van der Waals surface area contributed by atoms with E-state index in [0.29, 0.717) is 50.8 Å². The molecule has 1 aromatic rings. The van der Waals surface area contributed by atoms with Crippen LogP contribution in [-0.2, 0) is 19.1 Å². The number of nitrogens with zero attached hydrogens (tertiary/aromatic N) is 1. The smallest absolute Gasteiger partial charge is 0.260 e. The average Bonchev–Trinajstić information content (AvgIpc) is 2.74. The highest BCUT2D eigenvalue weighted by atomic mass is 16.5. The van der Waals surface area contributed by atoms with Crippen LogP contribution in [0.25, 0.3) is 0 Å². The Morgan fingerprint density at radius 3 is 2.45 bits per heavy atom. The van der Waals surface area contributed by atoms with Crippen molar-refractivity contribution < 1.29 is 23.8 Å². The number of hydrogen-bond donors (Lipinski definition) is 1. The summed E-state index contributed by atoms with van der Waals surface area (Å²) in [5.41, 5.74) is -0.174. The van der Waals surface area contributed by atoms with Gasteiger partial charge in [-0.15, -0.1) is 0 Å². The lowest BCUT2D eigenvalue weighted by Gasteiger charge is -2.28. The third-order valence-corrected chi connectivity index (χ3v) is 5.04. The lowest BCUT2D eigenvalue weighted by Crippen LogP contribution is -2.43. The molecule has 7 nitrogen and oxygen atoms in total. The molecule has 1 N–H and O–H groups in total. The molecule has 2 rings (SSSR count). The second-order valence-corrected chi connectivity index (χ2v) is 7.38. The topological polar surface area (TPSA) is 77.1 Å². The molecule has 162 valence electrons. The Morgan fingerprint density at radius 1 is 1.14 bits per heavy atom. The van der Waals surface area contributed by atoms with Gasteiger partial charge < -0.3 is 24.4 Å². The molecule has 1 heterocycles. The summed E-state index contributed by atoms with van der Waals surface area (Å²) in [6, 6.07) is 7.03. The number of ether oxygens (including phenoxy) is 3. The fourth-order valence-electron chi connectivity index (χ4n) is 3.23. The van der Waals surface area contributed by atoms with Crippen LogP contribution in [-0.4, -0.2) is 61.8 Å². The van der Waals surface area contributed by atoms with Gasteiger partial charge in [-0.05, 0) is 44.5 Å². The molecule has 1 aromatic carbocycles. The van der Waals surface area contributed by atoms with Crippen LogP contribution in [0.1, 0.15) is 46.5 Å². The van der Waals surface area contributed by atoms with Crippen molar-refractivity contribution in [3.05, 3.63) is 24.3 Å². The molecule has 0 spiro atoms. The van der Waals surface area contributed by atoms with Gasteiger partial charge >= 0.3 is 0 Å². The van der Waals surface area contributed by atoms with Crippen molar-refractivity contribution in [2.24, 2.45) is 0 Å². The van der Waals surface area contributed by atoms with E-state index in [0.717, 1.165) is 19.3 Å². The van der Waals surface area contributed by atoms with Gasteiger partial charge in [-0.25, -0.2) is 0 Å². The second kappa shape index (κ2) is 11.8. The van der Waals surface area contributed by atoms with E-state index in [9.17, 15) is 9.59 Å². The summed E-state index contributed by atoms with van der Waals surface area (Å²) in [5.74, 6) is 0.386. The van der Waals surface area contributed by atoms with Gasteiger partial charge in [-0.1, -0.05) is 26.2 Å². The summed E-state index contributed by atoms with van der Waals surface area (Å²) in [4.78, 5) is 26.6. The van der Waals surface area contributed by atoms with Gasteiger partial charge in [0.1, 0.15) is 11.4 Å². The predicted molar refractivity (Wildman–Crippen MR) is 112 cm³/mol. The van der Waals surface area contributed by atoms with Crippen LogP contribution in [0, 0.1) is 0 Å². The zero-order chi connectivity index (χ0) is 21.1. The van der Waals surface area contributed by atoms with Crippen LogP contribution in [0.15, 0.2) is 24.3 Å². The van der Waals surface area contributed by atoms with E-state index in [2.05, 4.69) is 12.2 Å². The van der Waals surface area contributed by atoms with Crippen molar-refractivity contribution in [2.75, 3.05) is 44.8 Å². The van der Waals surface area contributed by atoms with Gasteiger partial charge in [0.25, 0.3) is 11.8 Å². The minimum Gasteiger partial charge on any atom is -0.484 e. The Bertz CT molecular complexity index is 643. The molecule has 29 heavy (non-hydrogen) atoms. The summed E-state index contributed by atoms with van der Waals surface area (Å²) in [6.45, 7) is 8.69. The van der Waals surface area contributed by atoms with Crippen LogP contribution in [0.3, 0.4) is 0 Å². The first-order valence-electron chi connectivity index (χ1n) is 10.5. The first kappa shape index (κ1) is 23.2. The van der Waals surface area contributed by atoms with Crippen LogP contribution >= 0.6 is 0 Å². The summed E-state index contributed by atoms with van der Waals surface area (Å²) in [7, 11) is 0. The molecule has 0 radical (unpaired) electrons. The largest absolute Gasteiger partial charge is 0.484 e. The Kier molecular flexibility index (Phi) is 9.41. The van der Waals surface area contributed by atoms with E-state index in [4.69, 9.17) is 14.2 Å². The molecule has 1 saturated heterocycles. The maximum absolute atomic E-state index is 12.8. The number of nitrogens with one attached hydrogen (secondary N) is 1. The molecule has 1 aliphatic heterocycles. The summed E-state index contributed by atoms with van der Waals surface area (Å²) in [6.07, 6.45) is 3.81. The molecule has 0 saturated carbocycles.